The second-order valence-corrected chi connectivity index (χ2v) is 7.38. The van der Waals surface area contributed by atoms with Crippen LogP contribution in [0.2, 0.25) is 5.02 Å². The molecule has 106 valence electrons. The van der Waals surface area contributed by atoms with E-state index in [0.717, 1.165) is 24.4 Å². The lowest BCUT2D eigenvalue weighted by atomic mass is 9.79. The van der Waals surface area contributed by atoms with Crippen LogP contribution in [0, 0.1) is 0 Å². The number of hydrogen-bond donors (Lipinski definition) is 2. The molecule has 1 aromatic rings. The topological polar surface area (TPSA) is 24.1 Å². The van der Waals surface area contributed by atoms with Crippen molar-refractivity contribution in [1.82, 2.24) is 10.6 Å². The average molecular weight is 281 g/mol. The van der Waals surface area contributed by atoms with Gasteiger partial charge in [0.05, 0.1) is 0 Å². The highest BCUT2D eigenvalue weighted by molar-refractivity contribution is 6.31. The van der Waals surface area contributed by atoms with Gasteiger partial charge in [-0.3, -0.25) is 0 Å². The van der Waals surface area contributed by atoms with E-state index in [-0.39, 0.29) is 11.1 Å². The molecule has 0 amide bonds. The van der Waals surface area contributed by atoms with Gasteiger partial charge in [0.25, 0.3) is 0 Å². The molecule has 2 rings (SSSR count). The van der Waals surface area contributed by atoms with E-state index in [2.05, 4.69) is 44.4 Å². The van der Waals surface area contributed by atoms with E-state index in [9.17, 15) is 0 Å². The molecule has 0 radical (unpaired) electrons. The third kappa shape index (κ3) is 4.20. The smallest absolute Gasteiger partial charge is 0.0450 e. The molecule has 1 aliphatic heterocycles. The van der Waals surface area contributed by atoms with E-state index >= 15 is 0 Å². The van der Waals surface area contributed by atoms with Gasteiger partial charge < -0.3 is 10.6 Å². The predicted molar refractivity (Wildman–Crippen MR) is 82.6 cm³/mol. The highest BCUT2D eigenvalue weighted by Gasteiger charge is 2.37. The highest BCUT2D eigenvalue weighted by atomic mass is 35.5. The largest absolute Gasteiger partial charge is 0.310 e. The Bertz CT molecular complexity index is 424. The Balaban J connectivity index is 1.98. The summed E-state index contributed by atoms with van der Waals surface area (Å²) in [6, 6.07) is 8.59. The maximum absolute atomic E-state index is 6.20. The molecule has 1 aliphatic rings. The summed E-state index contributed by atoms with van der Waals surface area (Å²) in [4.78, 5) is 0. The number of hydrogen-bond acceptors (Lipinski definition) is 2. The van der Waals surface area contributed by atoms with E-state index in [1.54, 1.807) is 0 Å². The van der Waals surface area contributed by atoms with Crippen molar-refractivity contribution in [2.45, 2.75) is 64.2 Å². The van der Waals surface area contributed by atoms with Gasteiger partial charge in [0.1, 0.15) is 0 Å². The first-order chi connectivity index (χ1) is 8.77. The molecule has 0 unspecified atom stereocenters. The molecule has 1 saturated heterocycles. The first-order valence-electron chi connectivity index (χ1n) is 7.04. The molecule has 1 fully saturated rings. The Morgan fingerprint density at radius 3 is 2.32 bits per heavy atom. The average Bonchev–Trinajstić information content (AvgIpc) is 2.23. The Labute approximate surface area is 121 Å². The van der Waals surface area contributed by atoms with Crippen LogP contribution in [0.1, 0.15) is 46.1 Å². The van der Waals surface area contributed by atoms with Gasteiger partial charge in [0.2, 0.25) is 0 Å². The van der Waals surface area contributed by atoms with Crippen LogP contribution in [0.3, 0.4) is 0 Å². The molecule has 1 heterocycles. The summed E-state index contributed by atoms with van der Waals surface area (Å²) in [6.45, 7) is 9.95. The molecule has 3 heteroatoms. The predicted octanol–water partition coefficient (Wildman–Crippen LogP) is 3.74. The van der Waals surface area contributed by atoms with Crippen molar-refractivity contribution in [3.63, 3.8) is 0 Å². The highest BCUT2D eigenvalue weighted by Crippen LogP contribution is 2.28. The minimum absolute atomic E-state index is 0.180. The molecule has 0 bridgehead atoms. The Morgan fingerprint density at radius 2 is 1.74 bits per heavy atom. The summed E-state index contributed by atoms with van der Waals surface area (Å²) < 4.78 is 0. The van der Waals surface area contributed by atoms with Gasteiger partial charge >= 0.3 is 0 Å². The lowest BCUT2D eigenvalue weighted by Gasteiger charge is -2.46. The number of benzene rings is 1. The molecule has 19 heavy (non-hydrogen) atoms. The van der Waals surface area contributed by atoms with Crippen LogP contribution in [-0.2, 0) is 6.54 Å². The summed E-state index contributed by atoms with van der Waals surface area (Å²) >= 11 is 6.20. The molecular formula is C16H25ClN2. The summed E-state index contributed by atoms with van der Waals surface area (Å²) in [5.41, 5.74) is 1.54. The van der Waals surface area contributed by atoms with Crippen LogP contribution in [0.4, 0.5) is 0 Å². The maximum Gasteiger partial charge on any atom is 0.0450 e. The fourth-order valence-corrected chi connectivity index (χ4v) is 3.57. The van der Waals surface area contributed by atoms with Crippen molar-refractivity contribution in [2.75, 3.05) is 0 Å². The molecule has 0 aromatic heterocycles. The Morgan fingerprint density at radius 1 is 1.16 bits per heavy atom. The Kier molecular flexibility index (Phi) is 4.24. The van der Waals surface area contributed by atoms with Gasteiger partial charge in [-0.2, -0.15) is 0 Å². The molecular weight excluding hydrogens is 256 g/mol. The van der Waals surface area contributed by atoms with Crippen molar-refractivity contribution < 1.29 is 0 Å². The van der Waals surface area contributed by atoms with Gasteiger partial charge in [-0.25, -0.2) is 0 Å². The van der Waals surface area contributed by atoms with Gasteiger partial charge in [-0.1, -0.05) is 29.8 Å². The van der Waals surface area contributed by atoms with Crippen molar-refractivity contribution in [3.05, 3.63) is 34.9 Å². The maximum atomic E-state index is 6.20. The summed E-state index contributed by atoms with van der Waals surface area (Å²) in [6.07, 6.45) is 2.28. The fourth-order valence-electron chi connectivity index (χ4n) is 3.36. The van der Waals surface area contributed by atoms with Crippen molar-refractivity contribution in [2.24, 2.45) is 0 Å². The molecule has 0 aliphatic carbocycles. The van der Waals surface area contributed by atoms with E-state index in [1.165, 1.54) is 5.56 Å². The van der Waals surface area contributed by atoms with Gasteiger partial charge in [-0.15, -0.1) is 0 Å². The number of halogens is 1. The molecule has 2 N–H and O–H groups in total. The summed E-state index contributed by atoms with van der Waals surface area (Å²) in [5, 5.41) is 8.22. The minimum atomic E-state index is 0.180. The molecule has 2 nitrogen and oxygen atoms in total. The van der Waals surface area contributed by atoms with Crippen molar-refractivity contribution in [1.29, 1.82) is 0 Å². The van der Waals surface area contributed by atoms with Crippen LogP contribution in [0.15, 0.2) is 24.3 Å². The van der Waals surface area contributed by atoms with E-state index in [1.807, 2.05) is 18.2 Å². The van der Waals surface area contributed by atoms with Crippen molar-refractivity contribution >= 4 is 11.6 Å². The second-order valence-electron chi connectivity index (χ2n) is 6.97. The minimum Gasteiger partial charge on any atom is -0.310 e. The SMILES string of the molecule is CC1(C)CC(NCc2ccccc2Cl)CC(C)(C)N1. The normalized spacial score (nSPS) is 22.4. The first-order valence-corrected chi connectivity index (χ1v) is 7.41. The molecule has 0 spiro atoms. The fraction of sp³-hybridized carbons (Fsp3) is 0.625. The monoisotopic (exact) mass is 280 g/mol. The quantitative estimate of drug-likeness (QED) is 0.881. The second kappa shape index (κ2) is 5.43. The third-order valence-corrected chi connectivity index (χ3v) is 4.10. The van der Waals surface area contributed by atoms with Gasteiger partial charge in [0, 0.05) is 28.7 Å². The zero-order valence-electron chi connectivity index (χ0n) is 12.4. The number of nitrogens with one attached hydrogen (secondary N) is 2. The van der Waals surface area contributed by atoms with Crippen LogP contribution >= 0.6 is 11.6 Å². The zero-order chi connectivity index (χ0) is 14.1. The lowest BCUT2D eigenvalue weighted by molar-refractivity contribution is 0.145. The van der Waals surface area contributed by atoms with E-state index < -0.39 is 0 Å². The van der Waals surface area contributed by atoms with Crippen molar-refractivity contribution in [3.8, 4) is 0 Å². The molecule has 1 aromatic carbocycles. The van der Waals surface area contributed by atoms with Crippen LogP contribution in [0.25, 0.3) is 0 Å². The Hall–Kier alpha value is -0.570. The molecule has 0 atom stereocenters. The van der Waals surface area contributed by atoms with Gasteiger partial charge in [0.15, 0.2) is 0 Å². The first kappa shape index (κ1) is 14.8. The van der Waals surface area contributed by atoms with Crippen LogP contribution < -0.4 is 10.6 Å². The zero-order valence-corrected chi connectivity index (χ0v) is 13.1. The summed E-state index contributed by atoms with van der Waals surface area (Å²) in [7, 11) is 0. The summed E-state index contributed by atoms with van der Waals surface area (Å²) in [5.74, 6) is 0. The number of rotatable bonds is 3. The van der Waals surface area contributed by atoms with Gasteiger partial charge in [-0.05, 0) is 52.2 Å². The van der Waals surface area contributed by atoms with E-state index in [0.29, 0.717) is 6.04 Å². The van der Waals surface area contributed by atoms with E-state index in [4.69, 9.17) is 11.6 Å². The number of piperidine rings is 1. The molecule has 0 saturated carbocycles. The van der Waals surface area contributed by atoms with Crippen LogP contribution in [0.5, 0.6) is 0 Å². The standard InChI is InChI=1S/C16H25ClN2/c1-15(2)9-13(10-16(3,4)19-15)18-11-12-7-5-6-8-14(12)17/h5-8,13,18-19H,9-11H2,1-4H3. The third-order valence-electron chi connectivity index (χ3n) is 3.73. The lowest BCUT2D eigenvalue weighted by Crippen LogP contribution is -2.61. The van der Waals surface area contributed by atoms with Crippen LogP contribution in [-0.4, -0.2) is 17.1 Å².